The molecular weight excluding hydrogens is 258 g/mol. The molecule has 1 saturated heterocycles. The summed E-state index contributed by atoms with van der Waals surface area (Å²) in [5.41, 5.74) is 1.00. The van der Waals surface area contributed by atoms with E-state index >= 15 is 0 Å². The fourth-order valence-electron chi connectivity index (χ4n) is 2.22. The van der Waals surface area contributed by atoms with Gasteiger partial charge in [-0.15, -0.1) is 0 Å². The van der Waals surface area contributed by atoms with E-state index in [1.54, 1.807) is 4.90 Å². The summed E-state index contributed by atoms with van der Waals surface area (Å²) in [5, 5.41) is 9.13. The van der Waals surface area contributed by atoms with Gasteiger partial charge in [0, 0.05) is 6.54 Å². The summed E-state index contributed by atoms with van der Waals surface area (Å²) in [7, 11) is 0. The number of para-hydroxylation sites is 1. The number of hydrogen-bond donors (Lipinski definition) is 1. The van der Waals surface area contributed by atoms with Crippen molar-refractivity contribution < 1.29 is 19.4 Å². The highest BCUT2D eigenvalue weighted by Gasteiger charge is 2.29. The predicted octanol–water partition coefficient (Wildman–Crippen LogP) is 0.982. The minimum atomic E-state index is -0.298. The van der Waals surface area contributed by atoms with Crippen molar-refractivity contribution in [1.29, 1.82) is 0 Å². The van der Waals surface area contributed by atoms with Crippen molar-refractivity contribution in [3.05, 3.63) is 29.8 Å². The summed E-state index contributed by atoms with van der Waals surface area (Å²) in [4.78, 5) is 13.9. The molecule has 0 spiro atoms. The lowest BCUT2D eigenvalue weighted by atomic mass is 10.2. The number of nitrogens with zero attached hydrogens (tertiary/aromatic N) is 1. The highest BCUT2D eigenvalue weighted by molar-refractivity contribution is 5.78. The van der Waals surface area contributed by atoms with Crippen LogP contribution in [0.1, 0.15) is 12.5 Å². The predicted molar refractivity (Wildman–Crippen MR) is 74.7 cm³/mol. The van der Waals surface area contributed by atoms with E-state index in [4.69, 9.17) is 14.6 Å². The minimum Gasteiger partial charge on any atom is -0.484 e. The molecule has 2 rings (SSSR count). The van der Waals surface area contributed by atoms with E-state index in [0.717, 1.165) is 11.3 Å². The van der Waals surface area contributed by atoms with Crippen molar-refractivity contribution in [3.63, 3.8) is 0 Å². The van der Waals surface area contributed by atoms with Gasteiger partial charge in [0.05, 0.1) is 25.4 Å². The molecule has 110 valence electrons. The van der Waals surface area contributed by atoms with Gasteiger partial charge in [-0.1, -0.05) is 18.2 Å². The maximum Gasteiger partial charge on any atom is 0.260 e. The summed E-state index contributed by atoms with van der Waals surface area (Å²) in [6.07, 6.45) is -0.298. The molecule has 1 N–H and O–H groups in total. The number of amides is 1. The van der Waals surface area contributed by atoms with Crippen LogP contribution in [0.5, 0.6) is 5.75 Å². The zero-order chi connectivity index (χ0) is 14.5. The number of hydrogen-bond acceptors (Lipinski definition) is 4. The first-order valence-corrected chi connectivity index (χ1v) is 6.82. The fourth-order valence-corrected chi connectivity index (χ4v) is 2.22. The molecule has 20 heavy (non-hydrogen) atoms. The Morgan fingerprint density at radius 1 is 1.50 bits per heavy atom. The topological polar surface area (TPSA) is 59.0 Å². The number of carbonyl (C=O) groups is 1. The molecule has 2 atom stereocenters. The van der Waals surface area contributed by atoms with Crippen LogP contribution in [0, 0.1) is 6.92 Å². The van der Waals surface area contributed by atoms with Crippen LogP contribution >= 0.6 is 0 Å². The first-order valence-electron chi connectivity index (χ1n) is 6.82. The molecule has 1 fully saturated rings. The lowest BCUT2D eigenvalue weighted by Gasteiger charge is -2.37. The standard InChI is InChI=1S/C15H21NO4/c1-11-5-3-4-6-14(11)20-10-15(18)16-7-13(8-17)19-9-12(16)2/h3-6,12-13,17H,7-10H2,1-2H3. The van der Waals surface area contributed by atoms with Crippen molar-refractivity contribution in [2.75, 3.05) is 26.4 Å². The molecule has 1 aliphatic heterocycles. The van der Waals surface area contributed by atoms with Gasteiger partial charge in [-0.3, -0.25) is 4.79 Å². The summed E-state index contributed by atoms with van der Waals surface area (Å²) in [5.74, 6) is 0.642. The van der Waals surface area contributed by atoms with Crippen LogP contribution in [0.3, 0.4) is 0 Å². The first kappa shape index (κ1) is 14.8. The number of benzene rings is 1. The number of aliphatic hydroxyl groups excluding tert-OH is 1. The van der Waals surface area contributed by atoms with Crippen molar-refractivity contribution in [1.82, 2.24) is 4.90 Å². The van der Waals surface area contributed by atoms with E-state index in [2.05, 4.69) is 0 Å². The second-order valence-corrected chi connectivity index (χ2v) is 5.09. The van der Waals surface area contributed by atoms with Gasteiger partial charge in [-0.25, -0.2) is 0 Å². The van der Waals surface area contributed by atoms with E-state index in [-0.39, 0.29) is 31.3 Å². The van der Waals surface area contributed by atoms with Gasteiger partial charge in [-0.2, -0.15) is 0 Å². The van der Waals surface area contributed by atoms with Crippen LogP contribution < -0.4 is 4.74 Å². The highest BCUT2D eigenvalue weighted by atomic mass is 16.5. The maximum absolute atomic E-state index is 12.2. The van der Waals surface area contributed by atoms with Gasteiger partial charge in [0.1, 0.15) is 5.75 Å². The van der Waals surface area contributed by atoms with Gasteiger partial charge < -0.3 is 19.5 Å². The maximum atomic E-state index is 12.2. The Labute approximate surface area is 119 Å². The smallest absolute Gasteiger partial charge is 0.260 e. The SMILES string of the molecule is Cc1ccccc1OCC(=O)N1CC(CO)OCC1C. The number of carbonyl (C=O) groups excluding carboxylic acids is 1. The van der Waals surface area contributed by atoms with Crippen molar-refractivity contribution in [2.24, 2.45) is 0 Å². The highest BCUT2D eigenvalue weighted by Crippen LogP contribution is 2.17. The second-order valence-electron chi connectivity index (χ2n) is 5.09. The molecule has 2 unspecified atom stereocenters. The normalized spacial score (nSPS) is 22.6. The Hall–Kier alpha value is -1.59. The van der Waals surface area contributed by atoms with Crippen molar-refractivity contribution in [2.45, 2.75) is 26.0 Å². The molecule has 1 aliphatic rings. The Morgan fingerprint density at radius 3 is 2.95 bits per heavy atom. The summed E-state index contributed by atoms with van der Waals surface area (Å²) in [6.45, 7) is 4.66. The summed E-state index contributed by atoms with van der Waals surface area (Å²) < 4.78 is 11.0. The van der Waals surface area contributed by atoms with Crippen LogP contribution in [0.25, 0.3) is 0 Å². The van der Waals surface area contributed by atoms with Crippen LogP contribution in [0.2, 0.25) is 0 Å². The average molecular weight is 279 g/mol. The largest absolute Gasteiger partial charge is 0.484 e. The average Bonchev–Trinajstić information content (AvgIpc) is 2.46. The number of rotatable bonds is 4. The van der Waals surface area contributed by atoms with Crippen LogP contribution in [-0.2, 0) is 9.53 Å². The lowest BCUT2D eigenvalue weighted by Crippen LogP contribution is -2.53. The molecule has 0 aromatic heterocycles. The Morgan fingerprint density at radius 2 is 2.25 bits per heavy atom. The fraction of sp³-hybridized carbons (Fsp3) is 0.533. The third-order valence-electron chi connectivity index (χ3n) is 3.47. The Balaban J connectivity index is 1.92. The van der Waals surface area contributed by atoms with Gasteiger partial charge >= 0.3 is 0 Å². The number of morpholine rings is 1. The molecule has 0 bridgehead atoms. The molecule has 5 nitrogen and oxygen atoms in total. The van der Waals surface area contributed by atoms with Crippen molar-refractivity contribution in [3.8, 4) is 5.75 Å². The first-order chi connectivity index (χ1) is 9.61. The molecule has 0 saturated carbocycles. The van der Waals surface area contributed by atoms with Crippen LogP contribution in [0.15, 0.2) is 24.3 Å². The van der Waals surface area contributed by atoms with E-state index in [1.807, 2.05) is 38.1 Å². The van der Waals surface area contributed by atoms with Gasteiger partial charge in [0.2, 0.25) is 0 Å². The molecule has 1 aromatic rings. The van der Waals surface area contributed by atoms with E-state index in [9.17, 15) is 4.79 Å². The number of aliphatic hydroxyl groups is 1. The van der Waals surface area contributed by atoms with E-state index in [0.29, 0.717) is 13.2 Å². The molecule has 1 aromatic carbocycles. The Bertz CT molecular complexity index is 463. The van der Waals surface area contributed by atoms with Crippen molar-refractivity contribution >= 4 is 5.91 Å². The third-order valence-corrected chi connectivity index (χ3v) is 3.47. The van der Waals surface area contributed by atoms with Gasteiger partial charge in [0.15, 0.2) is 6.61 Å². The molecule has 0 aliphatic carbocycles. The lowest BCUT2D eigenvalue weighted by molar-refractivity contribution is -0.148. The summed E-state index contributed by atoms with van der Waals surface area (Å²) >= 11 is 0. The molecule has 1 heterocycles. The van der Waals surface area contributed by atoms with Gasteiger partial charge in [0.25, 0.3) is 5.91 Å². The zero-order valence-electron chi connectivity index (χ0n) is 11.9. The zero-order valence-corrected chi connectivity index (χ0v) is 11.9. The Kier molecular flexibility index (Phi) is 4.98. The van der Waals surface area contributed by atoms with E-state index in [1.165, 1.54) is 0 Å². The van der Waals surface area contributed by atoms with Gasteiger partial charge in [-0.05, 0) is 25.5 Å². The number of aryl methyl sites for hydroxylation is 1. The third kappa shape index (κ3) is 3.49. The monoisotopic (exact) mass is 279 g/mol. The molecule has 1 amide bonds. The van der Waals surface area contributed by atoms with Crippen LogP contribution in [0.4, 0.5) is 0 Å². The van der Waals surface area contributed by atoms with E-state index < -0.39 is 0 Å². The second kappa shape index (κ2) is 6.72. The molecule has 0 radical (unpaired) electrons. The number of ether oxygens (including phenoxy) is 2. The molecular formula is C15H21NO4. The van der Waals surface area contributed by atoms with Crippen LogP contribution in [-0.4, -0.2) is 54.4 Å². The molecule has 5 heteroatoms. The summed E-state index contributed by atoms with van der Waals surface area (Å²) in [6, 6.07) is 7.61. The quantitative estimate of drug-likeness (QED) is 0.892. The minimum absolute atomic E-state index is 0.00534.